The maximum atomic E-state index is 13.7. The fourth-order valence-corrected chi connectivity index (χ4v) is 4.87. The van der Waals surface area contributed by atoms with E-state index in [2.05, 4.69) is 21.3 Å². The van der Waals surface area contributed by atoms with Crippen LogP contribution < -0.4 is 27.0 Å². The number of carboxylic acids is 1. The number of nitrogens with one attached hydrogen (secondary N) is 4. The molecule has 11 heteroatoms. The summed E-state index contributed by atoms with van der Waals surface area (Å²) in [6, 6.07) is 4.32. The molecule has 0 spiro atoms. The Morgan fingerprint density at radius 1 is 0.568 bits per heavy atom. The number of carbonyl (C=O) groups excluding carboxylic acids is 4. The Morgan fingerprint density at radius 2 is 0.932 bits per heavy atom. The predicted octanol–water partition coefficient (Wildman–Crippen LogP) is 2.76. The fourth-order valence-electron chi connectivity index (χ4n) is 4.87. The molecule has 0 unspecified atom stereocenters. The number of nitrogens with two attached hydrogens (primary N) is 1. The van der Waals surface area contributed by atoms with Gasteiger partial charge < -0.3 is 32.1 Å². The molecule has 0 saturated heterocycles. The van der Waals surface area contributed by atoms with Gasteiger partial charge in [0.2, 0.25) is 23.6 Å². The molecule has 1 aromatic carbocycles. The van der Waals surface area contributed by atoms with E-state index < -0.39 is 59.8 Å². The van der Waals surface area contributed by atoms with Crippen LogP contribution >= 0.6 is 0 Å². The first-order chi connectivity index (χ1) is 20.5. The highest BCUT2D eigenvalue weighted by molar-refractivity contribution is 5.95. The molecule has 5 atom stereocenters. The Balaban J connectivity index is 3.21. The van der Waals surface area contributed by atoms with Gasteiger partial charge >= 0.3 is 5.97 Å². The van der Waals surface area contributed by atoms with Crippen LogP contribution in [0.1, 0.15) is 86.6 Å². The largest absolute Gasteiger partial charge is 0.480 e. The maximum absolute atomic E-state index is 13.7. The Bertz CT molecular complexity index is 1080. The van der Waals surface area contributed by atoms with Crippen molar-refractivity contribution >= 4 is 29.6 Å². The molecule has 4 amide bonds. The Kier molecular flexibility index (Phi) is 16.7. The van der Waals surface area contributed by atoms with Crippen LogP contribution in [0.4, 0.5) is 0 Å². The number of amides is 4. The van der Waals surface area contributed by atoms with E-state index in [0.717, 1.165) is 5.56 Å². The number of benzene rings is 1. The van der Waals surface area contributed by atoms with Gasteiger partial charge in [-0.3, -0.25) is 19.2 Å². The lowest BCUT2D eigenvalue weighted by Crippen LogP contribution is -2.59. The second-order valence-electron chi connectivity index (χ2n) is 13.4. The Morgan fingerprint density at radius 3 is 1.34 bits per heavy atom. The summed E-state index contributed by atoms with van der Waals surface area (Å²) in [5.74, 6) is -3.08. The van der Waals surface area contributed by atoms with Crippen LogP contribution in [0.2, 0.25) is 0 Å². The summed E-state index contributed by atoms with van der Waals surface area (Å²) in [7, 11) is 0. The van der Waals surface area contributed by atoms with Crippen molar-refractivity contribution in [3.8, 4) is 0 Å². The van der Waals surface area contributed by atoms with Crippen molar-refractivity contribution in [2.75, 3.05) is 0 Å². The summed E-state index contributed by atoms with van der Waals surface area (Å²) in [5, 5.41) is 20.5. The first kappa shape index (κ1) is 38.6. The summed E-state index contributed by atoms with van der Waals surface area (Å²) >= 11 is 0. The van der Waals surface area contributed by atoms with Crippen LogP contribution in [-0.2, 0) is 30.4 Å². The quantitative estimate of drug-likeness (QED) is 0.138. The number of hydrogen-bond donors (Lipinski definition) is 6. The van der Waals surface area contributed by atoms with E-state index in [1.165, 1.54) is 0 Å². The summed E-state index contributed by atoms with van der Waals surface area (Å²) in [6.45, 7) is 15.2. The van der Waals surface area contributed by atoms with Crippen molar-refractivity contribution in [3.63, 3.8) is 0 Å². The van der Waals surface area contributed by atoms with Gasteiger partial charge in [0.05, 0.1) is 6.04 Å². The minimum atomic E-state index is -1.15. The van der Waals surface area contributed by atoms with Gasteiger partial charge in [0.1, 0.15) is 24.2 Å². The molecule has 1 aromatic rings. The third-order valence-corrected chi connectivity index (χ3v) is 6.98. The zero-order valence-electron chi connectivity index (χ0n) is 27.7. The standard InChI is InChI=1S/C33H55N5O6/c1-19(2)14-24(34)29(39)35-27(18-23-12-10-9-11-13-23)32(42)37-25(15-20(3)4)30(40)36-26(16-21(5)6)31(41)38-28(33(43)44)17-22(7)8/h9-13,19-22,24-28H,14-18,34H2,1-8H3,(H,35,39)(H,36,40)(H,37,42)(H,38,41)(H,43,44)/t24-,25-,26-,27-,28-/m1/s1. The van der Waals surface area contributed by atoms with Gasteiger partial charge in [-0.1, -0.05) is 85.7 Å². The Hall–Kier alpha value is -3.47. The molecular formula is C33H55N5O6. The van der Waals surface area contributed by atoms with E-state index in [9.17, 15) is 29.1 Å². The minimum absolute atomic E-state index is 0.00693. The van der Waals surface area contributed by atoms with Gasteiger partial charge in [-0.15, -0.1) is 0 Å². The third kappa shape index (κ3) is 14.8. The second kappa shape index (κ2) is 19.0. The van der Waals surface area contributed by atoms with E-state index in [1.54, 1.807) is 0 Å². The second-order valence-corrected chi connectivity index (χ2v) is 13.4. The monoisotopic (exact) mass is 617 g/mol. The molecule has 0 aliphatic carbocycles. The van der Waals surface area contributed by atoms with Gasteiger partial charge in [0.15, 0.2) is 0 Å². The van der Waals surface area contributed by atoms with Crippen molar-refractivity contribution in [3.05, 3.63) is 35.9 Å². The predicted molar refractivity (Wildman–Crippen MR) is 171 cm³/mol. The van der Waals surface area contributed by atoms with Crippen molar-refractivity contribution < 1.29 is 29.1 Å². The molecule has 0 bridgehead atoms. The molecule has 0 aromatic heterocycles. The summed E-state index contributed by atoms with van der Waals surface area (Å²) in [5.41, 5.74) is 6.91. The SMILES string of the molecule is CC(C)C[C@@H](N)C(=O)N[C@H](Cc1ccccc1)C(=O)N[C@H](CC(C)C)C(=O)N[C@H](CC(C)C)C(=O)N[C@H](CC(C)C)C(=O)O. The zero-order valence-corrected chi connectivity index (χ0v) is 27.7. The highest BCUT2D eigenvalue weighted by Gasteiger charge is 2.32. The van der Waals surface area contributed by atoms with Crippen LogP contribution in [0.3, 0.4) is 0 Å². The fraction of sp³-hybridized carbons (Fsp3) is 0.667. The molecule has 0 aliphatic heterocycles. The van der Waals surface area contributed by atoms with Crippen LogP contribution in [0, 0.1) is 23.7 Å². The lowest BCUT2D eigenvalue weighted by Gasteiger charge is -2.28. The van der Waals surface area contributed by atoms with E-state index in [-0.39, 0.29) is 49.4 Å². The molecule has 0 aliphatic rings. The molecule has 0 fully saturated rings. The average molecular weight is 618 g/mol. The number of carbonyl (C=O) groups is 5. The van der Waals surface area contributed by atoms with Crippen molar-refractivity contribution in [1.82, 2.24) is 21.3 Å². The Labute approximate surface area is 262 Å². The van der Waals surface area contributed by atoms with Gasteiger partial charge in [-0.25, -0.2) is 4.79 Å². The molecular weight excluding hydrogens is 562 g/mol. The van der Waals surface area contributed by atoms with Gasteiger partial charge in [0.25, 0.3) is 0 Å². The molecule has 1 rings (SSSR count). The average Bonchev–Trinajstić information content (AvgIpc) is 2.90. The van der Waals surface area contributed by atoms with Gasteiger partial charge in [-0.05, 0) is 54.9 Å². The van der Waals surface area contributed by atoms with Crippen molar-refractivity contribution in [1.29, 1.82) is 0 Å². The van der Waals surface area contributed by atoms with Gasteiger partial charge in [-0.2, -0.15) is 0 Å². The normalized spacial score (nSPS) is 14.9. The smallest absolute Gasteiger partial charge is 0.326 e. The molecule has 0 saturated carbocycles. The lowest BCUT2D eigenvalue weighted by molar-refractivity contribution is -0.143. The lowest BCUT2D eigenvalue weighted by atomic mass is 9.98. The van der Waals surface area contributed by atoms with Crippen molar-refractivity contribution in [2.45, 2.75) is 118 Å². The third-order valence-electron chi connectivity index (χ3n) is 6.98. The molecule has 248 valence electrons. The first-order valence-corrected chi connectivity index (χ1v) is 15.7. The molecule has 0 heterocycles. The van der Waals surface area contributed by atoms with Gasteiger partial charge in [0, 0.05) is 6.42 Å². The highest BCUT2D eigenvalue weighted by atomic mass is 16.4. The van der Waals surface area contributed by atoms with Crippen LogP contribution in [0.15, 0.2) is 30.3 Å². The topological polar surface area (TPSA) is 180 Å². The highest BCUT2D eigenvalue weighted by Crippen LogP contribution is 2.12. The van der Waals surface area contributed by atoms with Crippen LogP contribution in [0.25, 0.3) is 0 Å². The molecule has 11 nitrogen and oxygen atoms in total. The number of aliphatic carboxylic acids is 1. The van der Waals surface area contributed by atoms with Crippen LogP contribution in [-0.4, -0.2) is 64.9 Å². The number of rotatable bonds is 19. The zero-order chi connectivity index (χ0) is 33.6. The summed E-state index contributed by atoms with van der Waals surface area (Å²) < 4.78 is 0. The maximum Gasteiger partial charge on any atom is 0.326 e. The molecule has 7 N–H and O–H groups in total. The molecule has 0 radical (unpaired) electrons. The number of carboxylic acid groups (broad SMARTS) is 1. The first-order valence-electron chi connectivity index (χ1n) is 15.7. The van der Waals surface area contributed by atoms with E-state index in [0.29, 0.717) is 6.42 Å². The summed E-state index contributed by atoms with van der Waals surface area (Å²) in [6.07, 6.45) is 1.42. The minimum Gasteiger partial charge on any atom is -0.480 e. The molecule has 44 heavy (non-hydrogen) atoms. The van der Waals surface area contributed by atoms with E-state index in [4.69, 9.17) is 5.73 Å². The van der Waals surface area contributed by atoms with Crippen LogP contribution in [0.5, 0.6) is 0 Å². The van der Waals surface area contributed by atoms with E-state index >= 15 is 0 Å². The van der Waals surface area contributed by atoms with Crippen molar-refractivity contribution in [2.24, 2.45) is 29.4 Å². The number of hydrogen-bond acceptors (Lipinski definition) is 6. The summed E-state index contributed by atoms with van der Waals surface area (Å²) in [4.78, 5) is 65.2. The van der Waals surface area contributed by atoms with E-state index in [1.807, 2.05) is 85.7 Å².